The van der Waals surface area contributed by atoms with E-state index in [2.05, 4.69) is 10.3 Å². The Hall–Kier alpha value is -3.09. The lowest BCUT2D eigenvalue weighted by atomic mass is 10.1. The summed E-state index contributed by atoms with van der Waals surface area (Å²) < 4.78 is 10.5. The van der Waals surface area contributed by atoms with Crippen LogP contribution < -0.4 is 5.32 Å². The number of carbonyl (C=O) groups is 3. The van der Waals surface area contributed by atoms with Gasteiger partial charge in [-0.25, -0.2) is 9.59 Å². The molecule has 1 aromatic carbocycles. The summed E-state index contributed by atoms with van der Waals surface area (Å²) >= 11 is 0. The van der Waals surface area contributed by atoms with E-state index in [0.29, 0.717) is 22.5 Å². The first kappa shape index (κ1) is 21.2. The second-order valence-electron chi connectivity index (χ2n) is 6.99. The maximum atomic E-state index is 12.5. The van der Waals surface area contributed by atoms with Gasteiger partial charge in [-0.3, -0.25) is 4.79 Å². The Morgan fingerprint density at radius 1 is 1.00 bits per heavy atom. The van der Waals surface area contributed by atoms with Gasteiger partial charge in [0.1, 0.15) is 5.69 Å². The first-order chi connectivity index (χ1) is 13.1. The molecule has 150 valence electrons. The predicted molar refractivity (Wildman–Crippen MR) is 106 cm³/mol. The summed E-state index contributed by atoms with van der Waals surface area (Å²) in [5.74, 6) is -1.67. The van der Waals surface area contributed by atoms with Crippen LogP contribution in [0.1, 0.15) is 58.4 Å². The third-order valence-corrected chi connectivity index (χ3v) is 4.13. The average molecular weight is 386 g/mol. The molecule has 0 bridgehead atoms. The van der Waals surface area contributed by atoms with Crippen LogP contribution in [0.25, 0.3) is 0 Å². The molecule has 0 spiro atoms. The molecule has 0 unspecified atom stereocenters. The molecule has 2 aromatic rings. The van der Waals surface area contributed by atoms with Gasteiger partial charge in [0.15, 0.2) is 6.10 Å². The summed E-state index contributed by atoms with van der Waals surface area (Å²) in [6.45, 7) is 10.2. The number of H-pyrrole nitrogens is 1. The van der Waals surface area contributed by atoms with Gasteiger partial charge in [0.2, 0.25) is 0 Å². The Morgan fingerprint density at radius 2 is 1.68 bits per heavy atom. The van der Waals surface area contributed by atoms with E-state index in [-0.39, 0.29) is 11.8 Å². The Bertz CT molecular complexity index is 898. The van der Waals surface area contributed by atoms with Gasteiger partial charge in [-0.2, -0.15) is 0 Å². The number of benzene rings is 1. The summed E-state index contributed by atoms with van der Waals surface area (Å²) in [5, 5.41) is 2.71. The van der Waals surface area contributed by atoms with Crippen molar-refractivity contribution in [2.45, 2.75) is 53.8 Å². The van der Waals surface area contributed by atoms with E-state index >= 15 is 0 Å². The van der Waals surface area contributed by atoms with E-state index in [9.17, 15) is 14.4 Å². The second kappa shape index (κ2) is 8.73. The molecule has 0 fully saturated rings. The third kappa shape index (κ3) is 5.00. The number of esters is 2. The lowest BCUT2D eigenvalue weighted by molar-refractivity contribution is -0.123. The number of hydrogen-bond donors (Lipinski definition) is 2. The normalized spacial score (nSPS) is 11.8. The summed E-state index contributed by atoms with van der Waals surface area (Å²) in [6, 6.07) is 7.31. The Kier molecular flexibility index (Phi) is 6.62. The van der Waals surface area contributed by atoms with Crippen molar-refractivity contribution in [2.24, 2.45) is 0 Å². The zero-order chi connectivity index (χ0) is 21.0. The number of aromatic nitrogens is 1. The van der Waals surface area contributed by atoms with Crippen molar-refractivity contribution >= 4 is 23.5 Å². The molecule has 2 N–H and O–H groups in total. The molecular weight excluding hydrogens is 360 g/mol. The van der Waals surface area contributed by atoms with Crippen molar-refractivity contribution in [1.29, 1.82) is 0 Å². The van der Waals surface area contributed by atoms with Gasteiger partial charge in [-0.15, -0.1) is 0 Å². The highest BCUT2D eigenvalue weighted by Gasteiger charge is 2.27. The molecule has 2 rings (SSSR count). The quantitative estimate of drug-likeness (QED) is 0.738. The van der Waals surface area contributed by atoms with Gasteiger partial charge in [0.05, 0.1) is 11.7 Å². The highest BCUT2D eigenvalue weighted by Crippen LogP contribution is 2.21. The number of nitrogens with one attached hydrogen (secondary N) is 2. The van der Waals surface area contributed by atoms with Crippen LogP contribution in [-0.4, -0.2) is 35.0 Å². The van der Waals surface area contributed by atoms with Gasteiger partial charge >= 0.3 is 11.9 Å². The molecule has 7 nitrogen and oxygen atoms in total. The zero-order valence-electron chi connectivity index (χ0n) is 17.0. The lowest BCUT2D eigenvalue weighted by Crippen LogP contribution is -2.30. The van der Waals surface area contributed by atoms with Crippen LogP contribution in [0.5, 0.6) is 0 Å². The average Bonchev–Trinajstić information content (AvgIpc) is 2.88. The molecule has 0 aliphatic carbocycles. The Balaban J connectivity index is 2.09. The second-order valence-corrected chi connectivity index (χ2v) is 6.99. The molecule has 1 heterocycles. The smallest absolute Gasteiger partial charge is 0.355 e. The largest absolute Gasteiger partial charge is 0.459 e. The molecule has 28 heavy (non-hydrogen) atoms. The summed E-state index contributed by atoms with van der Waals surface area (Å²) in [7, 11) is 0. The fraction of sp³-hybridized carbons (Fsp3) is 0.381. The number of anilines is 1. The number of hydrogen-bond acceptors (Lipinski definition) is 5. The highest BCUT2D eigenvalue weighted by atomic mass is 16.6. The summed E-state index contributed by atoms with van der Waals surface area (Å²) in [6.07, 6.45) is -1.29. The zero-order valence-corrected chi connectivity index (χ0v) is 17.0. The van der Waals surface area contributed by atoms with Crippen molar-refractivity contribution in [3.05, 3.63) is 52.3 Å². The molecule has 0 radical (unpaired) electrons. The van der Waals surface area contributed by atoms with Crippen molar-refractivity contribution in [3.8, 4) is 0 Å². The number of aromatic amines is 1. The number of ether oxygens (including phenoxy) is 2. The molecule has 0 saturated heterocycles. The molecule has 0 aliphatic heterocycles. The maximum absolute atomic E-state index is 12.5. The van der Waals surface area contributed by atoms with Crippen LogP contribution in [-0.2, 0) is 14.3 Å². The highest BCUT2D eigenvalue weighted by molar-refractivity contribution is 6.00. The van der Waals surface area contributed by atoms with Gasteiger partial charge in [-0.05, 0) is 64.8 Å². The van der Waals surface area contributed by atoms with Crippen LogP contribution in [0.15, 0.2) is 24.3 Å². The van der Waals surface area contributed by atoms with E-state index in [4.69, 9.17) is 9.47 Å². The van der Waals surface area contributed by atoms with Crippen LogP contribution >= 0.6 is 0 Å². The number of carbonyl (C=O) groups excluding carboxylic acids is 3. The van der Waals surface area contributed by atoms with Crippen LogP contribution in [0.3, 0.4) is 0 Å². The minimum absolute atomic E-state index is 0.128. The summed E-state index contributed by atoms with van der Waals surface area (Å²) in [5.41, 5.74) is 2.99. The maximum Gasteiger partial charge on any atom is 0.355 e. The Labute approximate surface area is 164 Å². The SMILES string of the molecule is Cc1cccc(NC(=O)[C@H](C)OC(=O)c2[nH]c(C)c(C(=O)OC(C)C)c2C)c1. The molecule has 1 amide bonds. The Morgan fingerprint density at radius 3 is 2.29 bits per heavy atom. The molecule has 0 saturated carbocycles. The van der Waals surface area contributed by atoms with Crippen molar-refractivity contribution in [3.63, 3.8) is 0 Å². The van der Waals surface area contributed by atoms with Crippen molar-refractivity contribution < 1.29 is 23.9 Å². The van der Waals surface area contributed by atoms with Crippen molar-refractivity contribution in [1.82, 2.24) is 4.98 Å². The fourth-order valence-corrected chi connectivity index (χ4v) is 2.77. The molecule has 1 atom stereocenters. The van der Waals surface area contributed by atoms with E-state index in [1.54, 1.807) is 33.8 Å². The first-order valence-electron chi connectivity index (χ1n) is 9.08. The van der Waals surface area contributed by atoms with Crippen LogP contribution in [0, 0.1) is 20.8 Å². The van der Waals surface area contributed by atoms with Gasteiger partial charge in [-0.1, -0.05) is 12.1 Å². The monoisotopic (exact) mass is 386 g/mol. The number of aryl methyl sites for hydroxylation is 2. The standard InChI is InChI=1S/C21H26N2O5/c1-11(2)27-20(25)17-13(4)18(22-14(17)5)21(26)28-15(6)19(24)23-16-9-7-8-12(3)10-16/h7-11,15,22H,1-6H3,(H,23,24)/t15-/m0/s1. The first-order valence-corrected chi connectivity index (χ1v) is 9.08. The minimum atomic E-state index is -1.01. The third-order valence-electron chi connectivity index (χ3n) is 4.13. The lowest BCUT2D eigenvalue weighted by Gasteiger charge is -2.14. The topological polar surface area (TPSA) is 97.5 Å². The van der Waals surface area contributed by atoms with E-state index < -0.39 is 23.9 Å². The number of amides is 1. The van der Waals surface area contributed by atoms with Crippen LogP contribution in [0.2, 0.25) is 0 Å². The van der Waals surface area contributed by atoms with Crippen molar-refractivity contribution in [2.75, 3.05) is 5.32 Å². The van der Waals surface area contributed by atoms with E-state index in [1.165, 1.54) is 6.92 Å². The molecule has 7 heteroatoms. The van der Waals surface area contributed by atoms with Gasteiger partial charge < -0.3 is 19.8 Å². The minimum Gasteiger partial charge on any atom is -0.459 e. The molecule has 0 aliphatic rings. The summed E-state index contributed by atoms with van der Waals surface area (Å²) in [4.78, 5) is 39.9. The fourth-order valence-electron chi connectivity index (χ4n) is 2.77. The van der Waals surface area contributed by atoms with E-state index in [1.807, 2.05) is 25.1 Å². The van der Waals surface area contributed by atoms with Gasteiger partial charge in [0, 0.05) is 11.4 Å². The van der Waals surface area contributed by atoms with Crippen LogP contribution in [0.4, 0.5) is 5.69 Å². The van der Waals surface area contributed by atoms with Gasteiger partial charge in [0.25, 0.3) is 5.91 Å². The molecular formula is C21H26N2O5. The predicted octanol–water partition coefficient (Wildman–Crippen LogP) is 3.69. The number of rotatable bonds is 6. The molecule has 1 aromatic heterocycles. The van der Waals surface area contributed by atoms with E-state index in [0.717, 1.165) is 5.56 Å².